The van der Waals surface area contributed by atoms with Crippen molar-refractivity contribution >= 4 is 33.7 Å². The Hall–Kier alpha value is -2.25. The van der Waals surface area contributed by atoms with Crippen molar-refractivity contribution in [1.82, 2.24) is 15.0 Å². The third-order valence-electron chi connectivity index (χ3n) is 5.77. The second-order valence-electron chi connectivity index (χ2n) is 7.62. The smallest absolute Gasteiger partial charge is 0.139 e. The van der Waals surface area contributed by atoms with Gasteiger partial charge in [0.05, 0.1) is 24.2 Å². The number of thiazole rings is 1. The van der Waals surface area contributed by atoms with E-state index < -0.39 is 0 Å². The van der Waals surface area contributed by atoms with Crippen molar-refractivity contribution in [1.29, 1.82) is 0 Å². The molecule has 4 heterocycles. The fourth-order valence-electron chi connectivity index (χ4n) is 4.35. The van der Waals surface area contributed by atoms with E-state index in [1.807, 2.05) is 11.7 Å². The first-order chi connectivity index (χ1) is 13.9. The minimum atomic E-state index is 0.659. The molecule has 0 amide bonds. The van der Waals surface area contributed by atoms with E-state index in [1.54, 1.807) is 17.7 Å². The van der Waals surface area contributed by atoms with Crippen LogP contribution in [0.25, 0.3) is 10.9 Å². The van der Waals surface area contributed by atoms with Crippen LogP contribution in [0.3, 0.4) is 0 Å². The number of hydrogen-bond donors (Lipinski definition) is 0. The molecule has 1 aromatic carbocycles. The molecule has 7 heteroatoms. The van der Waals surface area contributed by atoms with Gasteiger partial charge >= 0.3 is 0 Å². The van der Waals surface area contributed by atoms with Gasteiger partial charge in [0.15, 0.2) is 0 Å². The summed E-state index contributed by atoms with van der Waals surface area (Å²) in [5, 5.41) is 1.15. The standard InChI is InChI=1S/C21H25N5OS/c1-2-16(10-18-12-22-15-28-18)13-26(5-1)21-19-4-3-17(11-20(19)23-14-24-21)25-6-8-27-9-7-25/h3-4,11-12,14-16H,1-2,5-10,13H2. The molecule has 2 aliphatic heterocycles. The molecule has 0 spiro atoms. The SMILES string of the molecule is c1nc(N2CCCC(Cc3cncs3)C2)c2ccc(N3CCOCC3)cc2n1. The Morgan fingerprint density at radius 2 is 2.04 bits per heavy atom. The van der Waals surface area contributed by atoms with E-state index in [0.717, 1.165) is 62.5 Å². The zero-order chi connectivity index (χ0) is 18.8. The van der Waals surface area contributed by atoms with Crippen LogP contribution in [0.5, 0.6) is 0 Å². The number of benzene rings is 1. The van der Waals surface area contributed by atoms with Crippen LogP contribution in [0.2, 0.25) is 0 Å². The van der Waals surface area contributed by atoms with Gasteiger partial charge in [-0.15, -0.1) is 11.3 Å². The van der Waals surface area contributed by atoms with E-state index in [1.165, 1.54) is 23.4 Å². The minimum absolute atomic E-state index is 0.659. The summed E-state index contributed by atoms with van der Waals surface area (Å²) in [7, 11) is 0. The molecule has 2 saturated heterocycles. The van der Waals surface area contributed by atoms with Crippen molar-refractivity contribution in [3.63, 3.8) is 0 Å². The number of hydrogen-bond acceptors (Lipinski definition) is 7. The molecule has 0 N–H and O–H groups in total. The predicted octanol–water partition coefficient (Wildman–Crippen LogP) is 3.38. The fraction of sp³-hybridized carbons (Fsp3) is 0.476. The second-order valence-corrected chi connectivity index (χ2v) is 8.60. The van der Waals surface area contributed by atoms with Crippen LogP contribution in [0.4, 0.5) is 11.5 Å². The van der Waals surface area contributed by atoms with E-state index in [9.17, 15) is 0 Å². The monoisotopic (exact) mass is 395 g/mol. The maximum absolute atomic E-state index is 5.48. The number of nitrogens with zero attached hydrogens (tertiary/aromatic N) is 5. The summed E-state index contributed by atoms with van der Waals surface area (Å²) < 4.78 is 5.48. The first-order valence-corrected chi connectivity index (χ1v) is 10.9. The van der Waals surface area contributed by atoms with Gasteiger partial charge in [0, 0.05) is 48.3 Å². The van der Waals surface area contributed by atoms with Crippen molar-refractivity contribution in [2.24, 2.45) is 5.92 Å². The van der Waals surface area contributed by atoms with Crippen molar-refractivity contribution in [3.8, 4) is 0 Å². The Morgan fingerprint density at radius 3 is 2.89 bits per heavy atom. The van der Waals surface area contributed by atoms with Gasteiger partial charge in [-0.1, -0.05) is 0 Å². The summed E-state index contributed by atoms with van der Waals surface area (Å²) in [6.45, 7) is 5.58. The zero-order valence-corrected chi connectivity index (χ0v) is 16.8. The Morgan fingerprint density at radius 1 is 1.11 bits per heavy atom. The number of piperidine rings is 1. The van der Waals surface area contributed by atoms with E-state index in [-0.39, 0.29) is 0 Å². The molecule has 28 heavy (non-hydrogen) atoms. The molecular weight excluding hydrogens is 370 g/mol. The van der Waals surface area contributed by atoms with E-state index in [4.69, 9.17) is 4.74 Å². The number of anilines is 2. The third-order valence-corrected chi connectivity index (χ3v) is 6.57. The van der Waals surface area contributed by atoms with Gasteiger partial charge in [-0.3, -0.25) is 4.98 Å². The first-order valence-electron chi connectivity index (χ1n) is 10.1. The maximum Gasteiger partial charge on any atom is 0.139 e. The molecule has 1 unspecified atom stereocenters. The highest BCUT2D eigenvalue weighted by molar-refractivity contribution is 7.09. The molecule has 1 atom stereocenters. The molecule has 6 nitrogen and oxygen atoms in total. The molecule has 2 aromatic heterocycles. The molecular formula is C21H25N5OS. The highest BCUT2D eigenvalue weighted by Crippen LogP contribution is 2.31. The number of aromatic nitrogens is 3. The van der Waals surface area contributed by atoms with Crippen LogP contribution in [-0.2, 0) is 11.2 Å². The average Bonchev–Trinajstić information content (AvgIpc) is 3.27. The summed E-state index contributed by atoms with van der Waals surface area (Å²) >= 11 is 1.76. The lowest BCUT2D eigenvalue weighted by Crippen LogP contribution is -2.37. The largest absolute Gasteiger partial charge is 0.378 e. The molecule has 0 radical (unpaired) electrons. The molecule has 2 fully saturated rings. The Kier molecular flexibility index (Phi) is 5.10. The lowest BCUT2D eigenvalue weighted by Gasteiger charge is -2.34. The zero-order valence-electron chi connectivity index (χ0n) is 16.0. The molecule has 146 valence electrons. The minimum Gasteiger partial charge on any atom is -0.378 e. The molecule has 0 saturated carbocycles. The summed E-state index contributed by atoms with van der Waals surface area (Å²) in [4.78, 5) is 19.7. The third kappa shape index (κ3) is 3.69. The van der Waals surface area contributed by atoms with Crippen LogP contribution in [0.1, 0.15) is 17.7 Å². The molecule has 2 aliphatic rings. The molecule has 0 aliphatic carbocycles. The van der Waals surface area contributed by atoms with Crippen molar-refractivity contribution in [2.45, 2.75) is 19.3 Å². The second kappa shape index (κ2) is 8.01. The van der Waals surface area contributed by atoms with Gasteiger partial charge in [-0.05, 0) is 43.4 Å². The van der Waals surface area contributed by atoms with Gasteiger partial charge in [0.1, 0.15) is 12.1 Å². The Balaban J connectivity index is 1.38. The molecule has 3 aromatic rings. The summed E-state index contributed by atoms with van der Waals surface area (Å²) in [6, 6.07) is 6.60. The van der Waals surface area contributed by atoms with Crippen LogP contribution in [0.15, 0.2) is 36.2 Å². The lowest BCUT2D eigenvalue weighted by atomic mass is 9.94. The topological polar surface area (TPSA) is 54.4 Å². The maximum atomic E-state index is 5.48. The van der Waals surface area contributed by atoms with Crippen LogP contribution >= 0.6 is 11.3 Å². The normalized spacial score (nSPS) is 20.6. The fourth-order valence-corrected chi connectivity index (χ4v) is 5.06. The number of ether oxygens (including phenoxy) is 1. The molecule has 0 bridgehead atoms. The van der Waals surface area contributed by atoms with Gasteiger partial charge in [-0.25, -0.2) is 9.97 Å². The Bertz CT molecular complexity index is 926. The van der Waals surface area contributed by atoms with E-state index in [0.29, 0.717) is 5.92 Å². The quantitative estimate of drug-likeness (QED) is 0.675. The first kappa shape index (κ1) is 17.8. The van der Waals surface area contributed by atoms with Gasteiger partial charge < -0.3 is 14.5 Å². The van der Waals surface area contributed by atoms with E-state index >= 15 is 0 Å². The van der Waals surface area contributed by atoms with E-state index in [2.05, 4.69) is 43.0 Å². The van der Waals surface area contributed by atoms with Gasteiger partial charge in [-0.2, -0.15) is 0 Å². The van der Waals surface area contributed by atoms with Crippen molar-refractivity contribution in [3.05, 3.63) is 41.1 Å². The van der Waals surface area contributed by atoms with Crippen molar-refractivity contribution < 1.29 is 4.74 Å². The number of fused-ring (bicyclic) bond motifs is 1. The predicted molar refractivity (Wildman–Crippen MR) is 113 cm³/mol. The summed E-state index contributed by atoms with van der Waals surface area (Å²) in [5.74, 6) is 1.74. The Labute approximate surface area is 169 Å². The highest BCUT2D eigenvalue weighted by atomic mass is 32.1. The average molecular weight is 396 g/mol. The number of rotatable bonds is 4. The molecule has 5 rings (SSSR count). The van der Waals surface area contributed by atoms with Crippen LogP contribution in [0, 0.1) is 5.92 Å². The number of morpholine rings is 1. The lowest BCUT2D eigenvalue weighted by molar-refractivity contribution is 0.122. The summed E-state index contributed by atoms with van der Waals surface area (Å²) in [5.41, 5.74) is 4.18. The summed E-state index contributed by atoms with van der Waals surface area (Å²) in [6.07, 6.45) is 7.33. The van der Waals surface area contributed by atoms with Crippen molar-refractivity contribution in [2.75, 3.05) is 49.2 Å². The van der Waals surface area contributed by atoms with Gasteiger partial charge in [0.25, 0.3) is 0 Å². The highest BCUT2D eigenvalue weighted by Gasteiger charge is 2.23. The van der Waals surface area contributed by atoms with Crippen LogP contribution in [-0.4, -0.2) is 54.3 Å². The van der Waals surface area contributed by atoms with Gasteiger partial charge in [0.2, 0.25) is 0 Å². The van der Waals surface area contributed by atoms with Crippen LogP contribution < -0.4 is 9.80 Å².